The van der Waals surface area contributed by atoms with Crippen LogP contribution in [0.2, 0.25) is 5.02 Å². The lowest BCUT2D eigenvalue weighted by Crippen LogP contribution is -2.32. The Kier molecular flexibility index (Phi) is 5.55. The summed E-state index contributed by atoms with van der Waals surface area (Å²) < 4.78 is 10.7. The summed E-state index contributed by atoms with van der Waals surface area (Å²) in [7, 11) is 3.17. The van der Waals surface area contributed by atoms with Crippen LogP contribution in [0.1, 0.15) is 11.1 Å². The average Bonchev–Trinajstić information content (AvgIpc) is 3.11. The first-order chi connectivity index (χ1) is 14.6. The fourth-order valence-corrected chi connectivity index (χ4v) is 3.34. The Labute approximate surface area is 179 Å². The van der Waals surface area contributed by atoms with Crippen LogP contribution in [-0.4, -0.2) is 26.0 Å². The molecule has 0 fully saturated rings. The van der Waals surface area contributed by atoms with Crippen molar-refractivity contribution in [3.8, 4) is 11.5 Å². The standard InChI is InChI=1S/C24H19ClN2O3/c1-29-20-13-8-17(22(15-20)30-2)14-21-24(28)27(19-11-9-18(25)10-12-19)23(26-21)16-6-4-3-5-7-16/h3-15H,1-2H3/b21-14-. The highest BCUT2D eigenvalue weighted by molar-refractivity contribution is 6.34. The van der Waals surface area contributed by atoms with Gasteiger partial charge in [-0.2, -0.15) is 0 Å². The smallest absolute Gasteiger partial charge is 0.282 e. The molecule has 1 heterocycles. The van der Waals surface area contributed by atoms with Gasteiger partial charge in [0.05, 0.1) is 19.9 Å². The van der Waals surface area contributed by atoms with Crippen molar-refractivity contribution < 1.29 is 14.3 Å². The van der Waals surface area contributed by atoms with Crippen molar-refractivity contribution in [2.24, 2.45) is 4.99 Å². The first-order valence-electron chi connectivity index (χ1n) is 9.28. The zero-order valence-electron chi connectivity index (χ0n) is 16.5. The summed E-state index contributed by atoms with van der Waals surface area (Å²) >= 11 is 6.03. The molecule has 0 radical (unpaired) electrons. The number of hydrogen-bond donors (Lipinski definition) is 0. The maximum Gasteiger partial charge on any atom is 0.282 e. The second-order valence-electron chi connectivity index (χ2n) is 6.56. The molecule has 0 bridgehead atoms. The molecule has 4 rings (SSSR count). The van der Waals surface area contributed by atoms with Crippen molar-refractivity contribution in [1.29, 1.82) is 0 Å². The molecule has 0 spiro atoms. The maximum absolute atomic E-state index is 13.3. The molecule has 0 aliphatic carbocycles. The van der Waals surface area contributed by atoms with E-state index in [0.717, 1.165) is 11.1 Å². The summed E-state index contributed by atoms with van der Waals surface area (Å²) in [5, 5.41) is 0.599. The van der Waals surface area contributed by atoms with Crippen LogP contribution in [0.3, 0.4) is 0 Å². The normalized spacial score (nSPS) is 14.8. The Balaban J connectivity index is 1.82. The summed E-state index contributed by atoms with van der Waals surface area (Å²) in [5.41, 5.74) is 2.58. The molecule has 0 unspecified atom stereocenters. The number of methoxy groups -OCH3 is 2. The monoisotopic (exact) mass is 418 g/mol. The van der Waals surface area contributed by atoms with Gasteiger partial charge in [-0.25, -0.2) is 4.99 Å². The predicted molar refractivity (Wildman–Crippen MR) is 119 cm³/mol. The quantitative estimate of drug-likeness (QED) is 0.535. The van der Waals surface area contributed by atoms with E-state index in [2.05, 4.69) is 4.99 Å². The SMILES string of the molecule is COc1ccc(/C=C2\N=C(c3ccccc3)N(c3ccc(Cl)cc3)C2=O)c(OC)c1. The van der Waals surface area contributed by atoms with Crippen LogP contribution in [0.4, 0.5) is 5.69 Å². The molecule has 0 N–H and O–H groups in total. The van der Waals surface area contributed by atoms with E-state index in [0.29, 0.717) is 33.7 Å². The summed E-state index contributed by atoms with van der Waals surface area (Å²) in [5.74, 6) is 1.59. The number of carbonyl (C=O) groups excluding carboxylic acids is 1. The van der Waals surface area contributed by atoms with Gasteiger partial charge in [-0.3, -0.25) is 9.69 Å². The number of nitrogens with zero attached hydrogens (tertiary/aromatic N) is 2. The van der Waals surface area contributed by atoms with Crippen molar-refractivity contribution in [3.05, 3.63) is 94.6 Å². The van der Waals surface area contributed by atoms with Gasteiger partial charge >= 0.3 is 0 Å². The van der Waals surface area contributed by atoms with Crippen LogP contribution in [-0.2, 0) is 4.79 Å². The van der Waals surface area contributed by atoms with E-state index < -0.39 is 0 Å². The Bertz CT molecular complexity index is 1140. The minimum atomic E-state index is -0.228. The fourth-order valence-electron chi connectivity index (χ4n) is 3.21. The Hall–Kier alpha value is -3.57. The molecule has 1 aliphatic heterocycles. The van der Waals surface area contributed by atoms with Gasteiger partial charge in [0.1, 0.15) is 23.0 Å². The van der Waals surface area contributed by atoms with Crippen LogP contribution in [0, 0.1) is 0 Å². The van der Waals surface area contributed by atoms with Gasteiger partial charge in [0, 0.05) is 22.2 Å². The van der Waals surface area contributed by atoms with Crippen LogP contribution < -0.4 is 14.4 Å². The molecule has 0 aromatic heterocycles. The molecule has 3 aromatic carbocycles. The third-order valence-electron chi connectivity index (χ3n) is 4.71. The molecule has 0 saturated heterocycles. The first-order valence-corrected chi connectivity index (χ1v) is 9.66. The molecule has 0 saturated carbocycles. The van der Waals surface area contributed by atoms with Gasteiger partial charge < -0.3 is 9.47 Å². The summed E-state index contributed by atoms with van der Waals surface area (Å²) in [6.45, 7) is 0. The van der Waals surface area contributed by atoms with Crippen molar-refractivity contribution in [3.63, 3.8) is 0 Å². The summed E-state index contributed by atoms with van der Waals surface area (Å²) in [4.78, 5) is 19.6. The lowest BCUT2D eigenvalue weighted by atomic mass is 10.1. The van der Waals surface area contributed by atoms with E-state index in [1.807, 2.05) is 42.5 Å². The Morgan fingerprint density at radius 3 is 2.33 bits per heavy atom. The third-order valence-corrected chi connectivity index (χ3v) is 4.96. The van der Waals surface area contributed by atoms with Crippen LogP contribution in [0.25, 0.3) is 6.08 Å². The summed E-state index contributed by atoms with van der Waals surface area (Å²) in [6, 6.07) is 22.1. The zero-order valence-corrected chi connectivity index (χ0v) is 17.3. The zero-order chi connectivity index (χ0) is 21.1. The number of benzene rings is 3. The van der Waals surface area contributed by atoms with E-state index in [-0.39, 0.29) is 5.91 Å². The second-order valence-corrected chi connectivity index (χ2v) is 6.99. The highest BCUT2D eigenvalue weighted by Crippen LogP contribution is 2.31. The Morgan fingerprint density at radius 1 is 0.933 bits per heavy atom. The number of anilines is 1. The predicted octanol–water partition coefficient (Wildman–Crippen LogP) is 5.19. The lowest BCUT2D eigenvalue weighted by Gasteiger charge is -2.18. The van der Waals surface area contributed by atoms with Gasteiger partial charge in [0.2, 0.25) is 0 Å². The molecular formula is C24H19ClN2O3. The minimum absolute atomic E-state index is 0.228. The molecule has 6 heteroatoms. The molecule has 0 atom stereocenters. The highest BCUT2D eigenvalue weighted by Gasteiger charge is 2.32. The van der Waals surface area contributed by atoms with Crippen LogP contribution >= 0.6 is 11.6 Å². The van der Waals surface area contributed by atoms with Crippen molar-refractivity contribution >= 4 is 35.1 Å². The molecular weight excluding hydrogens is 400 g/mol. The van der Waals surface area contributed by atoms with Gasteiger partial charge in [0.25, 0.3) is 5.91 Å². The number of rotatable bonds is 5. The molecule has 1 amide bonds. The van der Waals surface area contributed by atoms with Crippen LogP contribution in [0.15, 0.2) is 83.5 Å². The van der Waals surface area contributed by atoms with E-state index in [4.69, 9.17) is 21.1 Å². The van der Waals surface area contributed by atoms with Crippen molar-refractivity contribution in [2.45, 2.75) is 0 Å². The van der Waals surface area contributed by atoms with E-state index >= 15 is 0 Å². The molecule has 3 aromatic rings. The second kappa shape index (κ2) is 8.43. The third kappa shape index (κ3) is 3.80. The minimum Gasteiger partial charge on any atom is -0.497 e. The molecule has 30 heavy (non-hydrogen) atoms. The van der Waals surface area contributed by atoms with E-state index in [1.54, 1.807) is 55.5 Å². The van der Waals surface area contributed by atoms with Gasteiger partial charge in [0.15, 0.2) is 0 Å². The van der Waals surface area contributed by atoms with E-state index in [1.165, 1.54) is 0 Å². The number of ether oxygens (including phenoxy) is 2. The van der Waals surface area contributed by atoms with Gasteiger partial charge in [-0.1, -0.05) is 41.9 Å². The molecule has 1 aliphatic rings. The lowest BCUT2D eigenvalue weighted by molar-refractivity contribution is -0.113. The topological polar surface area (TPSA) is 51.1 Å². The number of amidine groups is 1. The Morgan fingerprint density at radius 2 is 1.67 bits per heavy atom. The largest absolute Gasteiger partial charge is 0.497 e. The molecule has 5 nitrogen and oxygen atoms in total. The highest BCUT2D eigenvalue weighted by atomic mass is 35.5. The van der Waals surface area contributed by atoms with Crippen molar-refractivity contribution in [1.82, 2.24) is 0 Å². The van der Waals surface area contributed by atoms with Gasteiger partial charge in [-0.05, 0) is 42.5 Å². The number of carbonyl (C=O) groups is 1. The molecule has 150 valence electrons. The number of aliphatic imine (C=N–C) groups is 1. The number of hydrogen-bond acceptors (Lipinski definition) is 4. The summed E-state index contributed by atoms with van der Waals surface area (Å²) in [6.07, 6.45) is 1.72. The van der Waals surface area contributed by atoms with Gasteiger partial charge in [-0.15, -0.1) is 0 Å². The van der Waals surface area contributed by atoms with E-state index in [9.17, 15) is 4.79 Å². The number of halogens is 1. The number of amides is 1. The first kappa shape index (κ1) is 19.7. The van der Waals surface area contributed by atoms with Crippen molar-refractivity contribution in [2.75, 3.05) is 19.1 Å². The van der Waals surface area contributed by atoms with Crippen LogP contribution in [0.5, 0.6) is 11.5 Å². The maximum atomic E-state index is 13.3. The average molecular weight is 419 g/mol. The fraction of sp³-hybridized carbons (Fsp3) is 0.0833.